The molecule has 0 saturated carbocycles. The van der Waals surface area contributed by atoms with E-state index in [1.54, 1.807) is 0 Å². The molecule has 0 bridgehead atoms. The van der Waals surface area contributed by atoms with E-state index in [0.717, 1.165) is 66.0 Å². The Morgan fingerprint density at radius 2 is 1.00 bits per heavy atom. The van der Waals surface area contributed by atoms with Crippen LogP contribution in [-0.2, 0) is 9.98 Å². The Bertz CT molecular complexity index is 3620. The fraction of sp³-hybridized carbons (Fsp3) is 0.0175. The van der Waals surface area contributed by atoms with Crippen LogP contribution in [-0.4, -0.2) is 14.5 Å². The van der Waals surface area contributed by atoms with Crippen molar-refractivity contribution in [1.29, 1.82) is 0 Å². The van der Waals surface area contributed by atoms with Crippen molar-refractivity contribution < 1.29 is 4.57 Å². The van der Waals surface area contributed by atoms with E-state index in [-0.39, 0.29) is 0 Å². The number of benzene rings is 9. The van der Waals surface area contributed by atoms with E-state index in [1.807, 2.05) is 72.8 Å². The third-order valence-corrected chi connectivity index (χ3v) is 16.4. The van der Waals surface area contributed by atoms with Crippen molar-refractivity contribution >= 4 is 55.6 Å². The van der Waals surface area contributed by atoms with Crippen LogP contribution in [0.2, 0.25) is 0 Å². The summed E-state index contributed by atoms with van der Waals surface area (Å²) < 4.78 is 17.9. The van der Waals surface area contributed by atoms with Crippen LogP contribution in [0.25, 0.3) is 72.0 Å². The first-order valence-corrected chi connectivity index (χ1v) is 22.8. The largest absolute Gasteiger partial charge is 0.309 e. The molecule has 1 atom stereocenters. The molecule has 0 radical (unpaired) electrons. The molecule has 2 aliphatic rings. The summed E-state index contributed by atoms with van der Waals surface area (Å²) in [6, 6.07) is 76.2. The van der Waals surface area contributed by atoms with E-state index in [4.69, 9.17) is 9.97 Å². The van der Waals surface area contributed by atoms with E-state index in [1.165, 1.54) is 38.5 Å². The number of aromatic nitrogens is 3. The van der Waals surface area contributed by atoms with Crippen molar-refractivity contribution in [3.8, 4) is 39.5 Å². The SMILES string of the molecule is O=P(c1ccccc1)(c1ccccc1)c1ccc(-c2nc(-c3cccc4ccccc34)c3c(n2)C2(c4ccccc4-3)c3ccccc3-n3c4ccccc4c4cccc2c43)cc1. The molecule has 0 amide bonds. The normalized spacial score (nSPS) is 14.9. The molecule has 2 aromatic heterocycles. The Balaban J connectivity index is 1.13. The highest BCUT2D eigenvalue weighted by Crippen LogP contribution is 2.62. The Labute approximate surface area is 358 Å². The van der Waals surface area contributed by atoms with Gasteiger partial charge in [-0.2, -0.15) is 0 Å². The van der Waals surface area contributed by atoms with E-state index < -0.39 is 12.6 Å². The molecule has 0 saturated heterocycles. The lowest BCUT2D eigenvalue weighted by Crippen LogP contribution is -2.34. The second kappa shape index (κ2) is 13.2. The summed E-state index contributed by atoms with van der Waals surface area (Å²) in [5.74, 6) is 0.621. The van der Waals surface area contributed by atoms with Crippen LogP contribution >= 0.6 is 7.14 Å². The maximum Gasteiger partial charge on any atom is 0.171 e. The Kier molecular flexibility index (Phi) is 7.47. The lowest BCUT2D eigenvalue weighted by molar-refractivity contribution is 0.592. The molecule has 13 rings (SSSR count). The molecule has 1 aliphatic heterocycles. The van der Waals surface area contributed by atoms with Crippen LogP contribution < -0.4 is 15.9 Å². The average Bonchev–Trinajstić information content (AvgIpc) is 3.84. The molecular weight excluding hydrogens is 774 g/mol. The number of hydrogen-bond acceptors (Lipinski definition) is 3. The minimum absolute atomic E-state index is 0.621. The number of para-hydroxylation sites is 3. The van der Waals surface area contributed by atoms with Crippen molar-refractivity contribution in [2.24, 2.45) is 0 Å². The van der Waals surface area contributed by atoms with Crippen molar-refractivity contribution in [1.82, 2.24) is 14.5 Å². The summed E-state index contributed by atoms with van der Waals surface area (Å²) >= 11 is 0. The first-order valence-electron chi connectivity index (χ1n) is 21.1. The molecule has 0 fully saturated rings. The summed E-state index contributed by atoms with van der Waals surface area (Å²) in [6.07, 6.45) is 0. The summed E-state index contributed by atoms with van der Waals surface area (Å²) in [4.78, 5) is 11.4. The maximum absolute atomic E-state index is 15.5. The minimum Gasteiger partial charge on any atom is -0.309 e. The number of rotatable bonds is 5. The van der Waals surface area contributed by atoms with Crippen molar-refractivity contribution in [3.05, 3.63) is 241 Å². The predicted octanol–water partition coefficient (Wildman–Crippen LogP) is 12.4. The van der Waals surface area contributed by atoms with Crippen molar-refractivity contribution in [2.45, 2.75) is 5.41 Å². The van der Waals surface area contributed by atoms with Gasteiger partial charge in [-0.25, -0.2) is 9.97 Å². The Morgan fingerprint density at radius 1 is 0.435 bits per heavy atom. The van der Waals surface area contributed by atoms with Gasteiger partial charge < -0.3 is 9.13 Å². The van der Waals surface area contributed by atoms with Crippen molar-refractivity contribution in [2.75, 3.05) is 0 Å². The number of hydrogen-bond donors (Lipinski definition) is 0. The van der Waals surface area contributed by atoms with Gasteiger partial charge in [0.05, 0.1) is 33.5 Å². The summed E-state index contributed by atoms with van der Waals surface area (Å²) in [6.45, 7) is 0. The van der Waals surface area contributed by atoms with Gasteiger partial charge in [-0.3, -0.25) is 0 Å². The lowest BCUT2D eigenvalue weighted by atomic mass is 9.67. The molecule has 9 aromatic carbocycles. The standard InChI is InChI=1S/C57H36N3OP/c61-62(39-19-3-1-4-20-39,40-21-5-2-6-22-40)41-35-33-38(34-36-41)56-58-53(44-26-15-18-37-17-7-8-23-42(37)44)52-46-25-9-11-28-47(46)57(55(52)59-56)48-29-12-14-32-51(48)60-50-31-13-10-24-43(50)45-27-16-30-49(57)54(45)60/h1-36H. The third kappa shape index (κ3) is 4.65. The molecule has 1 spiro atoms. The number of nitrogens with zero attached hydrogens (tertiary/aromatic N) is 3. The fourth-order valence-electron chi connectivity index (χ4n) is 10.7. The summed E-state index contributed by atoms with van der Waals surface area (Å²) in [5, 5.41) is 7.09. The van der Waals surface area contributed by atoms with Gasteiger partial charge in [-0.1, -0.05) is 206 Å². The van der Waals surface area contributed by atoms with Gasteiger partial charge in [0.2, 0.25) is 0 Å². The van der Waals surface area contributed by atoms with Crippen molar-refractivity contribution in [3.63, 3.8) is 0 Å². The molecule has 1 aliphatic carbocycles. The van der Waals surface area contributed by atoms with E-state index in [0.29, 0.717) is 5.82 Å². The third-order valence-electron chi connectivity index (χ3n) is 13.3. The van der Waals surface area contributed by atoms with Crippen LogP contribution in [0.15, 0.2) is 218 Å². The Hall–Kier alpha value is -7.65. The fourth-order valence-corrected chi connectivity index (χ4v) is 13.3. The zero-order valence-electron chi connectivity index (χ0n) is 33.5. The molecule has 290 valence electrons. The van der Waals surface area contributed by atoms with Gasteiger partial charge in [0.1, 0.15) is 0 Å². The molecule has 62 heavy (non-hydrogen) atoms. The van der Waals surface area contributed by atoms with Crippen LogP contribution in [0.3, 0.4) is 0 Å². The van der Waals surface area contributed by atoms with Gasteiger partial charge in [-0.05, 0) is 45.2 Å². The van der Waals surface area contributed by atoms with Gasteiger partial charge in [-0.15, -0.1) is 0 Å². The highest BCUT2D eigenvalue weighted by atomic mass is 31.2. The maximum atomic E-state index is 15.5. The lowest BCUT2D eigenvalue weighted by Gasteiger charge is -2.38. The van der Waals surface area contributed by atoms with Gasteiger partial charge in [0, 0.05) is 43.4 Å². The number of fused-ring (bicyclic) bond motifs is 13. The van der Waals surface area contributed by atoms with Crippen LogP contribution in [0, 0.1) is 0 Å². The quantitative estimate of drug-likeness (QED) is 0.163. The Morgan fingerprint density at radius 3 is 1.79 bits per heavy atom. The second-order valence-electron chi connectivity index (χ2n) is 16.3. The minimum atomic E-state index is -3.20. The molecule has 1 unspecified atom stereocenters. The molecule has 11 aromatic rings. The monoisotopic (exact) mass is 809 g/mol. The first-order chi connectivity index (χ1) is 30.7. The van der Waals surface area contributed by atoms with Gasteiger partial charge >= 0.3 is 0 Å². The zero-order valence-corrected chi connectivity index (χ0v) is 34.4. The average molecular weight is 810 g/mol. The van der Waals surface area contributed by atoms with Gasteiger partial charge in [0.15, 0.2) is 13.0 Å². The predicted molar refractivity (Wildman–Crippen MR) is 255 cm³/mol. The highest BCUT2D eigenvalue weighted by Gasteiger charge is 2.53. The molecule has 5 heteroatoms. The summed E-state index contributed by atoms with van der Waals surface area (Å²) in [7, 11) is -3.20. The zero-order chi connectivity index (χ0) is 41.0. The summed E-state index contributed by atoms with van der Waals surface area (Å²) in [5.41, 5.74) is 12.3. The van der Waals surface area contributed by atoms with E-state index in [9.17, 15) is 0 Å². The van der Waals surface area contributed by atoms with Crippen LogP contribution in [0.5, 0.6) is 0 Å². The molecule has 3 heterocycles. The topological polar surface area (TPSA) is 47.8 Å². The van der Waals surface area contributed by atoms with E-state index in [2.05, 4.69) is 150 Å². The highest BCUT2D eigenvalue weighted by molar-refractivity contribution is 7.85. The smallest absolute Gasteiger partial charge is 0.171 e. The van der Waals surface area contributed by atoms with Crippen LogP contribution in [0.4, 0.5) is 0 Å². The molecular formula is C57H36N3OP. The first kappa shape index (κ1) is 35.1. The van der Waals surface area contributed by atoms with Gasteiger partial charge in [0.25, 0.3) is 0 Å². The van der Waals surface area contributed by atoms with Crippen LogP contribution in [0.1, 0.15) is 22.4 Å². The molecule has 4 nitrogen and oxygen atoms in total. The molecule has 0 N–H and O–H groups in total. The van der Waals surface area contributed by atoms with E-state index >= 15 is 4.57 Å². The second-order valence-corrected chi connectivity index (χ2v) is 19.1.